The Morgan fingerprint density at radius 3 is 2.33 bits per heavy atom. The van der Waals surface area contributed by atoms with Gasteiger partial charge in [-0.25, -0.2) is 8.42 Å². The van der Waals surface area contributed by atoms with Crippen molar-refractivity contribution in [2.24, 2.45) is 5.73 Å². The topological polar surface area (TPSA) is 111 Å². The third-order valence-corrected chi connectivity index (χ3v) is 5.53. The third-order valence-electron chi connectivity index (χ3n) is 4.22. The van der Waals surface area contributed by atoms with Crippen molar-refractivity contribution >= 4 is 21.6 Å². The van der Waals surface area contributed by atoms with E-state index in [9.17, 15) is 13.2 Å². The summed E-state index contributed by atoms with van der Waals surface area (Å²) >= 11 is 0. The Bertz CT molecular complexity index is 662. The van der Waals surface area contributed by atoms with Crippen molar-refractivity contribution in [2.45, 2.75) is 39.2 Å². The van der Waals surface area contributed by atoms with Crippen molar-refractivity contribution < 1.29 is 17.9 Å². The summed E-state index contributed by atoms with van der Waals surface area (Å²) in [7, 11) is -1.97. The normalized spacial score (nSPS) is 11.9. The molecule has 24 heavy (non-hydrogen) atoms. The summed E-state index contributed by atoms with van der Waals surface area (Å²) in [5.74, 6) is -0.0358. The van der Waals surface area contributed by atoms with Crippen LogP contribution >= 0.6 is 0 Å². The minimum Gasteiger partial charge on any atom is -0.496 e. The molecule has 1 amide bonds. The van der Waals surface area contributed by atoms with Gasteiger partial charge in [0.1, 0.15) is 5.75 Å². The fraction of sp³-hybridized carbons (Fsp3) is 0.562. The van der Waals surface area contributed by atoms with Crippen molar-refractivity contribution in [3.8, 4) is 5.75 Å². The summed E-state index contributed by atoms with van der Waals surface area (Å²) in [6, 6.07) is 4.58. The van der Waals surface area contributed by atoms with Gasteiger partial charge in [-0.15, -0.1) is 0 Å². The molecule has 4 N–H and O–H groups in total. The van der Waals surface area contributed by atoms with Crippen molar-refractivity contribution in [1.29, 1.82) is 0 Å². The highest BCUT2D eigenvalue weighted by Crippen LogP contribution is 2.25. The first-order valence-electron chi connectivity index (χ1n) is 7.97. The van der Waals surface area contributed by atoms with E-state index in [2.05, 4.69) is 10.0 Å². The molecule has 0 saturated heterocycles. The fourth-order valence-corrected chi connectivity index (χ4v) is 2.91. The number of nitrogens with two attached hydrogens (primary N) is 1. The molecular weight excluding hydrogens is 330 g/mol. The second-order valence-corrected chi connectivity index (χ2v) is 7.58. The molecule has 1 aromatic carbocycles. The number of ether oxygens (including phenoxy) is 1. The Balaban J connectivity index is 3.18. The van der Waals surface area contributed by atoms with Gasteiger partial charge in [-0.2, -0.15) is 0 Å². The molecule has 0 aliphatic rings. The van der Waals surface area contributed by atoms with Gasteiger partial charge in [0, 0.05) is 12.2 Å². The van der Waals surface area contributed by atoms with Gasteiger partial charge in [0.05, 0.1) is 24.0 Å². The van der Waals surface area contributed by atoms with E-state index in [4.69, 9.17) is 10.5 Å². The fourth-order valence-electron chi connectivity index (χ4n) is 2.28. The Kier molecular flexibility index (Phi) is 7.04. The Morgan fingerprint density at radius 2 is 1.88 bits per heavy atom. The van der Waals surface area contributed by atoms with Crippen LogP contribution in [0.25, 0.3) is 0 Å². The van der Waals surface area contributed by atoms with Crippen LogP contribution in [0.4, 0.5) is 5.69 Å². The quantitative estimate of drug-likeness (QED) is 0.623. The number of carbonyl (C=O) groups is 1. The average molecular weight is 357 g/mol. The molecule has 0 aromatic heterocycles. The van der Waals surface area contributed by atoms with Crippen LogP contribution in [0.2, 0.25) is 0 Å². The summed E-state index contributed by atoms with van der Waals surface area (Å²) in [6.45, 7) is 5.77. The molecule has 0 atom stereocenters. The van der Waals surface area contributed by atoms with Gasteiger partial charge < -0.3 is 15.8 Å². The molecule has 0 spiro atoms. The molecule has 8 heteroatoms. The zero-order valence-electron chi connectivity index (χ0n) is 14.7. The highest BCUT2D eigenvalue weighted by Gasteiger charge is 2.28. The van der Waals surface area contributed by atoms with Crippen molar-refractivity contribution in [3.63, 3.8) is 0 Å². The predicted molar refractivity (Wildman–Crippen MR) is 95.9 cm³/mol. The van der Waals surface area contributed by atoms with E-state index in [0.29, 0.717) is 30.8 Å². The largest absolute Gasteiger partial charge is 0.496 e. The molecule has 7 nitrogen and oxygen atoms in total. The SMILES string of the molecule is CCC(CC)(CN)NC(=O)c1cc(NS(=O)(=O)CC)ccc1OC. The van der Waals surface area contributed by atoms with Gasteiger partial charge in [-0.05, 0) is 38.0 Å². The smallest absolute Gasteiger partial charge is 0.255 e. The van der Waals surface area contributed by atoms with Crippen LogP contribution in [-0.2, 0) is 10.0 Å². The van der Waals surface area contributed by atoms with E-state index in [-0.39, 0.29) is 17.2 Å². The third kappa shape index (κ3) is 4.85. The Hall–Kier alpha value is -1.80. The average Bonchev–Trinajstić information content (AvgIpc) is 2.59. The number of carbonyl (C=O) groups excluding carboxylic acids is 1. The predicted octanol–water partition coefficient (Wildman–Crippen LogP) is 1.70. The molecule has 0 saturated carbocycles. The zero-order chi connectivity index (χ0) is 18.4. The van der Waals surface area contributed by atoms with E-state index in [1.54, 1.807) is 12.1 Å². The Morgan fingerprint density at radius 1 is 1.25 bits per heavy atom. The molecule has 0 aliphatic heterocycles. The van der Waals surface area contributed by atoms with Crippen LogP contribution < -0.4 is 20.5 Å². The maximum Gasteiger partial charge on any atom is 0.255 e. The maximum atomic E-state index is 12.7. The Labute approximate surface area is 144 Å². The minimum atomic E-state index is -3.43. The van der Waals surface area contributed by atoms with Gasteiger partial charge in [-0.1, -0.05) is 13.8 Å². The van der Waals surface area contributed by atoms with E-state index in [0.717, 1.165) is 0 Å². The molecule has 1 aromatic rings. The number of methoxy groups -OCH3 is 1. The summed E-state index contributed by atoms with van der Waals surface area (Å²) in [5, 5.41) is 2.95. The number of hydrogen-bond acceptors (Lipinski definition) is 5. The maximum absolute atomic E-state index is 12.7. The van der Waals surface area contributed by atoms with Crippen molar-refractivity contribution in [3.05, 3.63) is 23.8 Å². The van der Waals surface area contributed by atoms with Crippen molar-refractivity contribution in [1.82, 2.24) is 5.32 Å². The molecule has 0 unspecified atom stereocenters. The molecule has 0 heterocycles. The van der Waals surface area contributed by atoms with Crippen LogP contribution in [0, 0.1) is 0 Å². The first-order chi connectivity index (χ1) is 11.3. The van der Waals surface area contributed by atoms with Crippen LogP contribution in [-0.4, -0.2) is 39.3 Å². The van der Waals surface area contributed by atoms with Crippen molar-refractivity contribution in [2.75, 3.05) is 24.1 Å². The van der Waals surface area contributed by atoms with E-state index >= 15 is 0 Å². The summed E-state index contributed by atoms with van der Waals surface area (Å²) in [6.07, 6.45) is 1.38. The first-order valence-corrected chi connectivity index (χ1v) is 9.62. The first kappa shape index (κ1) is 20.2. The lowest BCUT2D eigenvalue weighted by Crippen LogP contribution is -2.52. The monoisotopic (exact) mass is 357 g/mol. The lowest BCUT2D eigenvalue weighted by atomic mass is 9.92. The highest BCUT2D eigenvalue weighted by molar-refractivity contribution is 7.92. The number of amides is 1. The molecule has 0 aliphatic carbocycles. The van der Waals surface area contributed by atoms with E-state index in [1.165, 1.54) is 20.1 Å². The number of sulfonamides is 1. The summed E-state index contributed by atoms with van der Waals surface area (Å²) in [4.78, 5) is 12.7. The van der Waals surface area contributed by atoms with Gasteiger partial charge in [0.25, 0.3) is 5.91 Å². The standard InChI is InChI=1S/C16H27N3O4S/c1-5-16(6-2,11-17)18-15(20)13-10-12(8-9-14(13)23-4)19-24(21,22)7-3/h8-10,19H,5-7,11,17H2,1-4H3,(H,18,20). The van der Waals surface area contributed by atoms with E-state index in [1.807, 2.05) is 13.8 Å². The second kappa shape index (κ2) is 8.34. The lowest BCUT2D eigenvalue weighted by molar-refractivity contribution is 0.0892. The number of anilines is 1. The van der Waals surface area contributed by atoms with E-state index < -0.39 is 15.6 Å². The van der Waals surface area contributed by atoms with Gasteiger partial charge in [0.2, 0.25) is 10.0 Å². The molecular formula is C16H27N3O4S. The van der Waals surface area contributed by atoms with Gasteiger partial charge >= 0.3 is 0 Å². The highest BCUT2D eigenvalue weighted by atomic mass is 32.2. The molecule has 0 fully saturated rings. The number of rotatable bonds is 9. The van der Waals surface area contributed by atoms with Crippen LogP contribution in [0.5, 0.6) is 5.75 Å². The molecule has 1 rings (SSSR count). The number of hydrogen-bond donors (Lipinski definition) is 3. The van der Waals surface area contributed by atoms with Gasteiger partial charge in [-0.3, -0.25) is 9.52 Å². The lowest BCUT2D eigenvalue weighted by Gasteiger charge is -2.31. The number of benzene rings is 1. The second-order valence-electron chi connectivity index (χ2n) is 5.57. The van der Waals surface area contributed by atoms with Crippen LogP contribution in [0.15, 0.2) is 18.2 Å². The molecule has 136 valence electrons. The van der Waals surface area contributed by atoms with Gasteiger partial charge in [0.15, 0.2) is 0 Å². The summed E-state index contributed by atoms with van der Waals surface area (Å²) in [5.41, 5.74) is 5.89. The molecule has 0 bridgehead atoms. The number of nitrogens with one attached hydrogen (secondary N) is 2. The minimum absolute atomic E-state index is 0.0531. The van der Waals surface area contributed by atoms with Crippen LogP contribution in [0.1, 0.15) is 44.0 Å². The molecule has 0 radical (unpaired) electrons. The zero-order valence-corrected chi connectivity index (χ0v) is 15.5. The summed E-state index contributed by atoms with van der Waals surface area (Å²) < 4.78 is 31.1. The van der Waals surface area contributed by atoms with Crippen LogP contribution in [0.3, 0.4) is 0 Å².